The van der Waals surface area contributed by atoms with Gasteiger partial charge in [-0.05, 0) is 91.3 Å². The molecule has 2 aliphatic carbocycles. The molecule has 65 heavy (non-hydrogen) atoms. The number of alkyl halides is 3. The first-order valence-electron chi connectivity index (χ1n) is 21.8. The van der Waals surface area contributed by atoms with Crippen molar-refractivity contribution in [3.63, 3.8) is 0 Å². The summed E-state index contributed by atoms with van der Waals surface area (Å²) in [7, 11) is -2.35. The van der Waals surface area contributed by atoms with Gasteiger partial charge in [0.05, 0.1) is 17.4 Å². The monoisotopic (exact) mass is 938 g/mol. The molecule has 2 aromatic rings. The molecule has 2 aliphatic heterocycles. The average Bonchev–Trinajstić information content (AvgIpc) is 4.12. The molecule has 4 N–H and O–H groups in total. The van der Waals surface area contributed by atoms with E-state index >= 15 is 0 Å². The molecule has 4 aliphatic rings. The van der Waals surface area contributed by atoms with Crippen LogP contribution in [0.25, 0.3) is 0 Å². The minimum atomic E-state index is -4.90. The van der Waals surface area contributed by atoms with Crippen molar-refractivity contribution in [2.24, 2.45) is 11.3 Å². The molecular formula is C44H58F4N6O10S. The van der Waals surface area contributed by atoms with E-state index in [2.05, 4.69) is 20.7 Å². The summed E-state index contributed by atoms with van der Waals surface area (Å²) in [6.07, 6.45) is -3.10. The van der Waals surface area contributed by atoms with E-state index in [-0.39, 0.29) is 50.7 Å². The minimum absolute atomic E-state index is 0.110. The molecule has 21 heteroatoms. The number of hydrogen-bond donors (Lipinski definition) is 4. The number of nitrogens with one attached hydrogen (secondary N) is 4. The predicted octanol–water partition coefficient (Wildman–Crippen LogP) is 5.46. The summed E-state index contributed by atoms with van der Waals surface area (Å²) in [6, 6.07) is 4.25. The zero-order valence-electron chi connectivity index (χ0n) is 37.1. The molecule has 16 nitrogen and oxygen atoms in total. The molecular weight excluding hydrogens is 881 g/mol. The van der Waals surface area contributed by atoms with Crippen LogP contribution in [0.3, 0.4) is 0 Å². The van der Waals surface area contributed by atoms with Gasteiger partial charge in [0.15, 0.2) is 0 Å². The fourth-order valence-corrected chi connectivity index (χ4v) is 9.66. The summed E-state index contributed by atoms with van der Waals surface area (Å²) in [5, 5.41) is 7.55. The first-order chi connectivity index (χ1) is 30.5. The Morgan fingerprint density at radius 2 is 1.65 bits per heavy atom. The van der Waals surface area contributed by atoms with Crippen LogP contribution in [0.4, 0.5) is 33.7 Å². The first-order valence-corrected chi connectivity index (χ1v) is 23.4. The lowest BCUT2D eigenvalue weighted by Gasteiger charge is -2.36. The Morgan fingerprint density at radius 3 is 2.29 bits per heavy atom. The van der Waals surface area contributed by atoms with Crippen LogP contribution in [0.2, 0.25) is 0 Å². The number of methoxy groups -OCH3 is 1. The lowest BCUT2D eigenvalue weighted by Crippen LogP contribution is -2.58. The van der Waals surface area contributed by atoms with Crippen LogP contribution >= 0.6 is 0 Å². The topological polar surface area (TPSA) is 202 Å². The summed E-state index contributed by atoms with van der Waals surface area (Å²) in [5.41, 5.74) is -2.27. The lowest BCUT2D eigenvalue weighted by atomic mass is 9.85. The van der Waals surface area contributed by atoms with E-state index < -0.39 is 91.7 Å². The smallest absolute Gasteiger partial charge is 0.416 e. The molecule has 0 spiro atoms. The molecule has 3 fully saturated rings. The molecule has 1 saturated heterocycles. The van der Waals surface area contributed by atoms with Gasteiger partial charge >= 0.3 is 12.3 Å². The van der Waals surface area contributed by atoms with Crippen LogP contribution in [-0.2, 0) is 62.7 Å². The highest BCUT2D eigenvalue weighted by molar-refractivity contribution is 7.91. The third-order valence-electron chi connectivity index (χ3n) is 12.2. The fraction of sp³-hybridized carbons (Fsp3) is 0.614. The van der Waals surface area contributed by atoms with Crippen molar-refractivity contribution in [1.29, 1.82) is 0 Å². The second kappa shape index (κ2) is 19.8. The Balaban J connectivity index is 1.17. The number of carbonyl (C=O) groups excluding carboxylic acids is 5. The standard InChI is InChI=1S/C44H58F4N6O10S/c1-6-28-21-43(28,40(58)52-65(60,61)34-12-13-34)51-38(56)35-20-33(24-54(35)39(57)37(42(2,3)4)50-32-18-29(44(46,47)48)17-30(45)19-32)64-41(59)53-22-26-10-11-31(16-27(26)23-53)49-36(55)25-63-15-9-7-8-14-62-5/h10-11,16-19,28,33-35,37,50H,6-9,12-15,20-25H2,1-5H3,(H,49,55)(H,51,56)(H,52,58)/t28-,33-,35+,37-,43-/m1/s1. The Kier molecular flexibility index (Phi) is 15.1. The number of benzene rings is 2. The number of ether oxygens (including phenoxy) is 3. The van der Waals surface area contributed by atoms with Crippen molar-refractivity contribution in [1.82, 2.24) is 19.8 Å². The van der Waals surface area contributed by atoms with E-state index in [9.17, 15) is 50.0 Å². The Morgan fingerprint density at radius 1 is 0.938 bits per heavy atom. The van der Waals surface area contributed by atoms with Crippen molar-refractivity contribution in [2.75, 3.05) is 44.1 Å². The van der Waals surface area contributed by atoms with Gasteiger partial charge in [0.25, 0.3) is 5.91 Å². The van der Waals surface area contributed by atoms with Gasteiger partial charge in [-0.1, -0.05) is 40.2 Å². The fourth-order valence-electron chi connectivity index (χ4n) is 8.30. The highest BCUT2D eigenvalue weighted by Gasteiger charge is 2.62. The number of anilines is 2. The van der Waals surface area contributed by atoms with Gasteiger partial charge in [0.1, 0.15) is 36.2 Å². The number of fused-ring (bicyclic) bond motifs is 1. The molecule has 2 heterocycles. The molecule has 0 bridgehead atoms. The highest BCUT2D eigenvalue weighted by Crippen LogP contribution is 2.47. The van der Waals surface area contributed by atoms with E-state index in [4.69, 9.17) is 14.2 Å². The SMILES string of the molecule is CC[C@@H]1C[C@]1(NC(=O)[C@@H]1C[C@@H](OC(=O)N2Cc3ccc(NC(=O)COCCCCCOC)cc3C2)CN1C(=O)[C@@H](Nc1cc(F)cc(C(F)(F)F)c1)C(C)(C)C)C(=O)NS(=O)(=O)C1CC1. The number of rotatable bonds is 19. The molecule has 0 aromatic heterocycles. The van der Waals surface area contributed by atoms with E-state index in [0.717, 1.165) is 41.4 Å². The molecule has 2 aromatic carbocycles. The number of unbranched alkanes of at least 4 members (excludes halogenated alkanes) is 2. The van der Waals surface area contributed by atoms with Crippen molar-refractivity contribution in [3.8, 4) is 0 Å². The molecule has 0 radical (unpaired) electrons. The zero-order valence-corrected chi connectivity index (χ0v) is 38.0. The van der Waals surface area contributed by atoms with Crippen LogP contribution in [0.1, 0.15) is 95.8 Å². The second-order valence-electron chi connectivity index (χ2n) is 18.4. The number of hydrogen-bond acceptors (Lipinski definition) is 11. The minimum Gasteiger partial charge on any atom is -0.444 e. The predicted molar refractivity (Wildman–Crippen MR) is 229 cm³/mol. The van der Waals surface area contributed by atoms with Crippen LogP contribution in [0.15, 0.2) is 36.4 Å². The molecule has 6 rings (SSSR count). The molecule has 5 atom stereocenters. The largest absolute Gasteiger partial charge is 0.444 e. The van der Waals surface area contributed by atoms with Gasteiger partial charge in [0, 0.05) is 51.2 Å². The number of nitrogens with zero attached hydrogens (tertiary/aromatic N) is 2. The third kappa shape index (κ3) is 12.3. The third-order valence-corrected chi connectivity index (χ3v) is 14.0. The maximum atomic E-state index is 14.7. The van der Waals surface area contributed by atoms with Crippen LogP contribution in [0.5, 0.6) is 0 Å². The van der Waals surface area contributed by atoms with Crippen molar-refractivity contribution < 1.29 is 64.2 Å². The van der Waals surface area contributed by atoms with Crippen LogP contribution in [-0.4, -0.2) is 110 Å². The lowest BCUT2D eigenvalue weighted by molar-refractivity contribution is -0.141. The zero-order chi connectivity index (χ0) is 47.5. The maximum absolute atomic E-state index is 14.7. The maximum Gasteiger partial charge on any atom is 0.416 e. The number of sulfonamides is 1. The first kappa shape index (κ1) is 49.4. The van der Waals surface area contributed by atoms with Crippen LogP contribution < -0.4 is 20.7 Å². The number of carbonyl (C=O) groups is 5. The quantitative estimate of drug-likeness (QED) is 0.103. The number of halogens is 4. The number of likely N-dealkylation sites (tertiary alicyclic amines) is 1. The van der Waals surface area contributed by atoms with Gasteiger partial charge in [-0.3, -0.25) is 28.8 Å². The summed E-state index contributed by atoms with van der Waals surface area (Å²) < 4.78 is 99.7. The normalized spacial score (nSPS) is 22.2. The van der Waals surface area contributed by atoms with Gasteiger partial charge in [-0.15, -0.1) is 0 Å². The van der Waals surface area contributed by atoms with Gasteiger partial charge < -0.3 is 35.1 Å². The van der Waals surface area contributed by atoms with Gasteiger partial charge in [-0.2, -0.15) is 13.2 Å². The van der Waals surface area contributed by atoms with E-state index in [1.165, 1.54) is 4.90 Å². The summed E-state index contributed by atoms with van der Waals surface area (Å²) in [6.45, 7) is 7.50. The molecule has 0 unspecified atom stereocenters. The molecule has 2 saturated carbocycles. The summed E-state index contributed by atoms with van der Waals surface area (Å²) >= 11 is 0. The molecule has 358 valence electrons. The van der Waals surface area contributed by atoms with Gasteiger partial charge in [0.2, 0.25) is 27.7 Å². The van der Waals surface area contributed by atoms with Crippen molar-refractivity contribution in [2.45, 2.75) is 127 Å². The Labute approximate surface area is 375 Å². The highest BCUT2D eigenvalue weighted by atomic mass is 32.2. The Bertz CT molecular complexity index is 2240. The summed E-state index contributed by atoms with van der Waals surface area (Å²) in [4.78, 5) is 71.4. The van der Waals surface area contributed by atoms with Crippen molar-refractivity contribution in [3.05, 3.63) is 58.9 Å². The van der Waals surface area contributed by atoms with E-state index in [1.807, 2.05) is 0 Å². The van der Waals surface area contributed by atoms with Crippen molar-refractivity contribution >= 4 is 51.1 Å². The second-order valence-corrected chi connectivity index (χ2v) is 20.3. The van der Waals surface area contributed by atoms with Gasteiger partial charge in [-0.25, -0.2) is 17.6 Å². The summed E-state index contributed by atoms with van der Waals surface area (Å²) in [5.74, 6) is -4.51. The van der Waals surface area contributed by atoms with Crippen LogP contribution in [0, 0.1) is 17.2 Å². The molecule has 5 amide bonds. The average molecular weight is 939 g/mol. The van der Waals surface area contributed by atoms with E-state index in [1.54, 1.807) is 53.0 Å². The number of amides is 5. The van der Waals surface area contributed by atoms with E-state index in [0.29, 0.717) is 50.3 Å². The Hall–Kier alpha value is -5.02.